The fraction of sp³-hybridized carbons (Fsp3) is 0.364. The molecule has 1 unspecified atom stereocenters. The minimum atomic E-state index is -4.48. The molecule has 1 heterocycles. The summed E-state index contributed by atoms with van der Waals surface area (Å²) >= 11 is 0. The summed E-state index contributed by atoms with van der Waals surface area (Å²) in [4.78, 5) is 26.8. The van der Waals surface area contributed by atoms with E-state index in [9.17, 15) is 22.8 Å². The van der Waals surface area contributed by atoms with E-state index in [1.807, 2.05) is 30.3 Å². The van der Waals surface area contributed by atoms with Crippen molar-refractivity contribution in [3.8, 4) is 0 Å². The first-order valence-corrected chi connectivity index (χ1v) is 9.54. The fourth-order valence-corrected chi connectivity index (χ4v) is 3.55. The molecule has 1 saturated heterocycles. The third-order valence-electron chi connectivity index (χ3n) is 5.15. The second kappa shape index (κ2) is 8.68. The van der Waals surface area contributed by atoms with Crippen LogP contribution in [0.2, 0.25) is 0 Å². The Balaban J connectivity index is 1.63. The Morgan fingerprint density at radius 3 is 2.55 bits per heavy atom. The first kappa shape index (κ1) is 20.9. The predicted molar refractivity (Wildman–Crippen MR) is 104 cm³/mol. The van der Waals surface area contributed by atoms with Crippen LogP contribution in [-0.2, 0) is 22.2 Å². The number of piperidine rings is 1. The summed E-state index contributed by atoms with van der Waals surface area (Å²) in [6, 6.07) is 13.1. The molecule has 4 nitrogen and oxygen atoms in total. The zero-order chi connectivity index (χ0) is 21.0. The molecule has 1 aliphatic rings. The van der Waals surface area contributed by atoms with Gasteiger partial charge in [-0.3, -0.25) is 9.59 Å². The number of hydrogen-bond acceptors (Lipinski definition) is 2. The van der Waals surface area contributed by atoms with Crippen molar-refractivity contribution < 1.29 is 22.8 Å². The van der Waals surface area contributed by atoms with Gasteiger partial charge < -0.3 is 10.2 Å². The summed E-state index contributed by atoms with van der Waals surface area (Å²) in [5.41, 5.74) is 0.355. The van der Waals surface area contributed by atoms with E-state index in [0.717, 1.165) is 11.6 Å². The van der Waals surface area contributed by atoms with Crippen LogP contribution in [0.1, 0.15) is 29.5 Å². The lowest BCUT2D eigenvalue weighted by molar-refractivity contribution is -0.138. The minimum Gasteiger partial charge on any atom is -0.342 e. The molecule has 0 saturated carbocycles. The number of aryl methyl sites for hydroxylation is 1. The second-order valence-corrected chi connectivity index (χ2v) is 7.36. The summed E-state index contributed by atoms with van der Waals surface area (Å²) in [6.45, 7) is 2.24. The van der Waals surface area contributed by atoms with Crippen LogP contribution in [0, 0.1) is 12.8 Å². The number of amides is 2. The highest BCUT2D eigenvalue weighted by Gasteiger charge is 2.33. The number of alkyl halides is 3. The zero-order valence-corrected chi connectivity index (χ0v) is 16.1. The molecule has 2 aromatic carbocycles. The molecule has 0 bridgehead atoms. The van der Waals surface area contributed by atoms with Crippen LogP contribution in [-0.4, -0.2) is 29.8 Å². The normalized spacial score (nSPS) is 17.1. The van der Waals surface area contributed by atoms with E-state index < -0.39 is 17.7 Å². The third-order valence-corrected chi connectivity index (χ3v) is 5.15. The van der Waals surface area contributed by atoms with Gasteiger partial charge in [0.05, 0.1) is 17.9 Å². The van der Waals surface area contributed by atoms with E-state index in [1.165, 1.54) is 19.1 Å². The maximum absolute atomic E-state index is 13.1. The van der Waals surface area contributed by atoms with Gasteiger partial charge in [-0.1, -0.05) is 36.4 Å². The Hall–Kier alpha value is -2.83. The molecular formula is C22H23F3N2O2. The lowest BCUT2D eigenvalue weighted by Crippen LogP contribution is -2.44. The summed E-state index contributed by atoms with van der Waals surface area (Å²) in [5, 5.41) is 2.58. The van der Waals surface area contributed by atoms with Crippen LogP contribution in [0.5, 0.6) is 0 Å². The molecular weight excluding hydrogens is 381 g/mol. The Morgan fingerprint density at radius 1 is 1.14 bits per heavy atom. The lowest BCUT2D eigenvalue weighted by Gasteiger charge is -2.32. The molecule has 1 N–H and O–H groups in total. The summed E-state index contributed by atoms with van der Waals surface area (Å²) in [7, 11) is 0. The molecule has 154 valence electrons. The van der Waals surface area contributed by atoms with Gasteiger partial charge in [0.15, 0.2) is 0 Å². The highest BCUT2D eigenvalue weighted by atomic mass is 19.4. The van der Waals surface area contributed by atoms with Crippen molar-refractivity contribution in [2.24, 2.45) is 5.92 Å². The number of hydrogen-bond donors (Lipinski definition) is 1. The van der Waals surface area contributed by atoms with Crippen molar-refractivity contribution in [3.05, 3.63) is 65.2 Å². The van der Waals surface area contributed by atoms with Crippen molar-refractivity contribution in [3.63, 3.8) is 0 Å². The summed E-state index contributed by atoms with van der Waals surface area (Å²) in [6.07, 6.45) is -2.93. The number of halogens is 3. The quantitative estimate of drug-likeness (QED) is 0.820. The van der Waals surface area contributed by atoms with E-state index in [4.69, 9.17) is 0 Å². The molecule has 1 fully saturated rings. The highest BCUT2D eigenvalue weighted by Crippen LogP contribution is 2.33. The van der Waals surface area contributed by atoms with Gasteiger partial charge in [-0.25, -0.2) is 0 Å². The SMILES string of the molecule is Cc1ccc(NC(=O)C2CCCN(C(=O)Cc3ccccc3)C2)cc1C(F)(F)F. The summed E-state index contributed by atoms with van der Waals surface area (Å²) < 4.78 is 39.2. The molecule has 29 heavy (non-hydrogen) atoms. The van der Waals surface area contributed by atoms with Gasteiger partial charge in [0, 0.05) is 18.8 Å². The Labute approximate surface area is 167 Å². The van der Waals surface area contributed by atoms with Gasteiger partial charge >= 0.3 is 6.18 Å². The Morgan fingerprint density at radius 2 is 1.86 bits per heavy atom. The molecule has 2 aromatic rings. The van der Waals surface area contributed by atoms with Gasteiger partial charge in [0.1, 0.15) is 0 Å². The maximum atomic E-state index is 13.1. The van der Waals surface area contributed by atoms with Crippen molar-refractivity contribution in [2.45, 2.75) is 32.4 Å². The van der Waals surface area contributed by atoms with E-state index in [2.05, 4.69) is 5.32 Å². The van der Waals surface area contributed by atoms with E-state index in [0.29, 0.717) is 19.4 Å². The van der Waals surface area contributed by atoms with Crippen LogP contribution in [0.3, 0.4) is 0 Å². The number of carbonyl (C=O) groups is 2. The maximum Gasteiger partial charge on any atom is 0.416 e. The second-order valence-electron chi connectivity index (χ2n) is 7.36. The Bertz CT molecular complexity index is 881. The van der Waals surface area contributed by atoms with Crippen LogP contribution in [0.4, 0.5) is 18.9 Å². The van der Waals surface area contributed by atoms with Gasteiger partial charge in [0.25, 0.3) is 0 Å². The highest BCUT2D eigenvalue weighted by molar-refractivity contribution is 5.93. The number of carbonyl (C=O) groups excluding carboxylic acids is 2. The van der Waals surface area contributed by atoms with Crippen LogP contribution >= 0.6 is 0 Å². The molecule has 1 aliphatic heterocycles. The van der Waals surface area contributed by atoms with Gasteiger partial charge in [-0.05, 0) is 43.0 Å². The van der Waals surface area contributed by atoms with E-state index >= 15 is 0 Å². The zero-order valence-electron chi connectivity index (χ0n) is 16.1. The number of benzene rings is 2. The first-order valence-electron chi connectivity index (χ1n) is 9.54. The van der Waals surface area contributed by atoms with E-state index in [1.54, 1.807) is 4.90 Å². The lowest BCUT2D eigenvalue weighted by atomic mass is 9.96. The van der Waals surface area contributed by atoms with Crippen molar-refractivity contribution >= 4 is 17.5 Å². The molecule has 7 heteroatoms. The minimum absolute atomic E-state index is 0.0524. The molecule has 1 atom stereocenters. The molecule has 0 spiro atoms. The molecule has 3 rings (SSSR count). The van der Waals surface area contributed by atoms with Crippen LogP contribution < -0.4 is 5.32 Å². The number of rotatable bonds is 4. The third kappa shape index (κ3) is 5.37. The number of likely N-dealkylation sites (tertiary alicyclic amines) is 1. The first-order chi connectivity index (χ1) is 13.7. The van der Waals surface area contributed by atoms with E-state index in [-0.39, 0.29) is 36.0 Å². The molecule has 2 amide bonds. The average molecular weight is 404 g/mol. The smallest absolute Gasteiger partial charge is 0.342 e. The van der Waals surface area contributed by atoms with Crippen LogP contribution in [0.25, 0.3) is 0 Å². The van der Waals surface area contributed by atoms with Crippen molar-refractivity contribution in [1.82, 2.24) is 4.90 Å². The Kier molecular flexibility index (Phi) is 6.25. The van der Waals surface area contributed by atoms with Crippen molar-refractivity contribution in [2.75, 3.05) is 18.4 Å². The molecule has 0 radical (unpaired) electrons. The predicted octanol–water partition coefficient (Wildman–Crippen LogP) is 4.43. The van der Waals surface area contributed by atoms with Gasteiger partial charge in [-0.15, -0.1) is 0 Å². The molecule has 0 aliphatic carbocycles. The number of anilines is 1. The number of nitrogens with one attached hydrogen (secondary N) is 1. The monoisotopic (exact) mass is 404 g/mol. The standard InChI is InChI=1S/C22H23F3N2O2/c1-15-9-10-18(13-19(15)22(23,24)25)26-21(29)17-8-5-11-27(14-17)20(28)12-16-6-3-2-4-7-16/h2-4,6-7,9-10,13,17H,5,8,11-12,14H2,1H3,(H,26,29). The van der Waals surface area contributed by atoms with Gasteiger partial charge in [-0.2, -0.15) is 13.2 Å². The van der Waals surface area contributed by atoms with Crippen LogP contribution in [0.15, 0.2) is 48.5 Å². The fourth-order valence-electron chi connectivity index (χ4n) is 3.55. The van der Waals surface area contributed by atoms with Gasteiger partial charge in [0.2, 0.25) is 11.8 Å². The largest absolute Gasteiger partial charge is 0.416 e. The average Bonchev–Trinajstić information content (AvgIpc) is 2.69. The number of nitrogens with zero attached hydrogens (tertiary/aromatic N) is 1. The topological polar surface area (TPSA) is 49.4 Å². The molecule has 0 aromatic heterocycles. The summed E-state index contributed by atoms with van der Waals surface area (Å²) in [5.74, 6) is -0.860. The van der Waals surface area contributed by atoms with Crippen molar-refractivity contribution in [1.29, 1.82) is 0 Å².